The van der Waals surface area contributed by atoms with Crippen LogP contribution in [0.1, 0.15) is 57.5 Å². The van der Waals surface area contributed by atoms with Crippen LogP contribution in [-0.2, 0) is 36.6 Å². The van der Waals surface area contributed by atoms with Crippen molar-refractivity contribution < 1.29 is 18.3 Å². The number of halogens is 2. The first-order valence-electron chi connectivity index (χ1n) is 13.4. The number of nitrogens with zero attached hydrogens (tertiary/aromatic N) is 5. The van der Waals surface area contributed by atoms with E-state index in [2.05, 4.69) is 33.3 Å². The van der Waals surface area contributed by atoms with Gasteiger partial charge in [0.25, 0.3) is 5.92 Å². The monoisotopic (exact) mass is 519 g/mol. The van der Waals surface area contributed by atoms with Crippen molar-refractivity contribution in [2.75, 3.05) is 26.3 Å². The Hall–Kier alpha value is -3.04. The molecule has 7 nitrogen and oxygen atoms in total. The first-order valence-corrected chi connectivity index (χ1v) is 13.4. The van der Waals surface area contributed by atoms with Gasteiger partial charge in [-0.25, -0.2) is 13.8 Å². The van der Waals surface area contributed by atoms with Crippen molar-refractivity contribution in [3.05, 3.63) is 76.6 Å². The summed E-state index contributed by atoms with van der Waals surface area (Å²) in [6.07, 6.45) is 4.86. The Bertz CT molecular complexity index is 1380. The number of aryl methyl sites for hydroxylation is 1. The van der Waals surface area contributed by atoms with Crippen LogP contribution in [-0.4, -0.2) is 62.7 Å². The van der Waals surface area contributed by atoms with E-state index >= 15 is 0 Å². The summed E-state index contributed by atoms with van der Waals surface area (Å²) in [6.45, 7) is 2.65. The van der Waals surface area contributed by atoms with Gasteiger partial charge in [-0.05, 0) is 41.7 Å². The van der Waals surface area contributed by atoms with Gasteiger partial charge in [-0.15, -0.1) is 10.2 Å². The van der Waals surface area contributed by atoms with E-state index in [4.69, 9.17) is 9.72 Å². The first-order chi connectivity index (χ1) is 18.3. The molecule has 0 radical (unpaired) electrons. The highest BCUT2D eigenvalue weighted by Gasteiger charge is 2.71. The molecule has 198 valence electrons. The number of alkyl halides is 2. The van der Waals surface area contributed by atoms with Gasteiger partial charge in [0, 0.05) is 68.4 Å². The number of ketones is 1. The highest BCUT2D eigenvalue weighted by atomic mass is 19.3. The zero-order valence-electron chi connectivity index (χ0n) is 21.4. The van der Waals surface area contributed by atoms with Crippen LogP contribution in [0.5, 0.6) is 0 Å². The van der Waals surface area contributed by atoms with E-state index < -0.39 is 17.8 Å². The molecule has 1 aromatic carbocycles. The van der Waals surface area contributed by atoms with Gasteiger partial charge in [0.1, 0.15) is 17.8 Å². The SMILES string of the molecule is Cn1cnnc1CC1(c2cccc(CC(=O)c3cc(CN4CC5C(C4)C5(F)F)cc(C4CC4)n3)c2)COC1. The zero-order valence-corrected chi connectivity index (χ0v) is 21.4. The van der Waals surface area contributed by atoms with Crippen LogP contribution in [0.4, 0.5) is 8.78 Å². The fourth-order valence-corrected chi connectivity index (χ4v) is 6.19. The number of pyridine rings is 1. The van der Waals surface area contributed by atoms with Crippen LogP contribution >= 0.6 is 0 Å². The summed E-state index contributed by atoms with van der Waals surface area (Å²) in [7, 11) is 1.94. The van der Waals surface area contributed by atoms with E-state index in [0.717, 1.165) is 47.5 Å². The molecule has 4 fully saturated rings. The minimum Gasteiger partial charge on any atom is -0.379 e. The van der Waals surface area contributed by atoms with Gasteiger partial charge in [-0.2, -0.15) is 0 Å². The van der Waals surface area contributed by atoms with Crippen LogP contribution in [0.3, 0.4) is 0 Å². The third-order valence-electron chi connectivity index (χ3n) is 8.83. The third kappa shape index (κ3) is 4.25. The molecule has 2 aliphatic carbocycles. The van der Waals surface area contributed by atoms with Crippen LogP contribution in [0.25, 0.3) is 0 Å². The number of carbonyl (C=O) groups is 1. The predicted molar refractivity (Wildman–Crippen MR) is 135 cm³/mol. The smallest absolute Gasteiger partial charge is 0.257 e. The summed E-state index contributed by atoms with van der Waals surface area (Å²) < 4.78 is 34.9. The number of fused-ring (bicyclic) bond motifs is 1. The van der Waals surface area contributed by atoms with Crippen LogP contribution in [0.2, 0.25) is 0 Å². The van der Waals surface area contributed by atoms with Gasteiger partial charge in [-0.3, -0.25) is 9.69 Å². The van der Waals surface area contributed by atoms with Crippen LogP contribution < -0.4 is 0 Å². The van der Waals surface area contributed by atoms with E-state index in [1.54, 1.807) is 6.33 Å². The minimum absolute atomic E-state index is 0.0195. The number of Topliss-reactive ketones (excluding diaryl/α,β-unsaturated/α-hetero) is 1. The number of hydrogen-bond donors (Lipinski definition) is 0. The van der Waals surface area contributed by atoms with Crippen molar-refractivity contribution in [2.24, 2.45) is 18.9 Å². The normalized spacial score (nSPS) is 25.1. The second kappa shape index (κ2) is 8.74. The van der Waals surface area contributed by atoms with E-state index in [0.29, 0.717) is 44.5 Å². The Kier molecular flexibility index (Phi) is 5.53. The zero-order chi connectivity index (χ0) is 26.1. The number of piperidine rings is 1. The van der Waals surface area contributed by atoms with Crippen molar-refractivity contribution in [3.63, 3.8) is 0 Å². The summed E-state index contributed by atoms with van der Waals surface area (Å²) in [5.41, 5.74) is 4.34. The molecule has 9 heteroatoms. The van der Waals surface area contributed by atoms with Crippen molar-refractivity contribution >= 4 is 5.78 Å². The number of likely N-dealkylation sites (tertiary alicyclic amines) is 1. The summed E-state index contributed by atoms with van der Waals surface area (Å²) in [4.78, 5) is 20.3. The Labute approximate surface area is 220 Å². The maximum absolute atomic E-state index is 13.7. The number of ether oxygens (including phenoxy) is 1. The standard InChI is InChI=1S/C29H31F2N5O2/c1-35-17-32-34-27(35)11-28(15-38-16-28)21-4-2-3-18(7-21)10-26(37)25-9-19(8-24(33-25)20-5-6-20)12-36-13-22-23(14-36)29(22,30)31/h2-4,7-9,17,20,22-23H,5-6,10-16H2,1H3. The molecule has 0 N–H and O–H groups in total. The van der Waals surface area contributed by atoms with Crippen molar-refractivity contribution in [1.82, 2.24) is 24.6 Å². The predicted octanol–water partition coefficient (Wildman–Crippen LogP) is 3.72. The minimum atomic E-state index is -2.48. The summed E-state index contributed by atoms with van der Waals surface area (Å²) in [5, 5.41) is 8.27. The molecule has 4 heterocycles. The molecule has 2 aliphatic heterocycles. The molecule has 2 unspecified atom stereocenters. The molecule has 7 rings (SSSR count). The number of benzene rings is 1. The second-order valence-corrected chi connectivity index (χ2v) is 11.7. The molecule has 4 aliphatic rings. The Balaban J connectivity index is 1.09. The van der Waals surface area contributed by atoms with Gasteiger partial charge in [0.15, 0.2) is 5.78 Å². The number of hydrogen-bond acceptors (Lipinski definition) is 6. The lowest BCUT2D eigenvalue weighted by atomic mass is 9.75. The quantitative estimate of drug-likeness (QED) is 0.402. The van der Waals surface area contributed by atoms with Gasteiger partial charge in [0.05, 0.1) is 13.2 Å². The number of aromatic nitrogens is 4. The van der Waals surface area contributed by atoms with E-state index in [9.17, 15) is 13.6 Å². The molecule has 0 spiro atoms. The molecule has 2 aromatic heterocycles. The van der Waals surface area contributed by atoms with Gasteiger partial charge < -0.3 is 9.30 Å². The van der Waals surface area contributed by atoms with Crippen molar-refractivity contribution in [1.29, 1.82) is 0 Å². The molecule has 3 aromatic rings. The molecule has 2 saturated heterocycles. The molecule has 2 atom stereocenters. The average Bonchev–Trinajstić information content (AvgIpc) is 3.67. The highest BCUT2D eigenvalue weighted by Crippen LogP contribution is 2.59. The van der Waals surface area contributed by atoms with Crippen molar-refractivity contribution in [3.8, 4) is 0 Å². The molecular weight excluding hydrogens is 488 g/mol. The molecule has 0 amide bonds. The van der Waals surface area contributed by atoms with E-state index in [-0.39, 0.29) is 17.6 Å². The third-order valence-corrected chi connectivity index (χ3v) is 8.83. The molecule has 0 bridgehead atoms. The summed E-state index contributed by atoms with van der Waals surface area (Å²) in [6, 6.07) is 12.1. The van der Waals surface area contributed by atoms with Gasteiger partial charge in [-0.1, -0.05) is 24.3 Å². The summed E-state index contributed by atoms with van der Waals surface area (Å²) in [5.74, 6) is -2.20. The number of rotatable bonds is 9. The maximum Gasteiger partial charge on any atom is 0.257 e. The Morgan fingerprint density at radius 2 is 1.89 bits per heavy atom. The highest BCUT2D eigenvalue weighted by molar-refractivity contribution is 5.96. The first kappa shape index (κ1) is 24.0. The number of carbonyl (C=O) groups excluding carboxylic acids is 1. The fourth-order valence-electron chi connectivity index (χ4n) is 6.19. The average molecular weight is 520 g/mol. The van der Waals surface area contributed by atoms with Gasteiger partial charge in [0.2, 0.25) is 0 Å². The van der Waals surface area contributed by atoms with E-state index in [1.807, 2.05) is 29.8 Å². The summed E-state index contributed by atoms with van der Waals surface area (Å²) >= 11 is 0. The molecular formula is C29H31F2N5O2. The fraction of sp³-hybridized carbons (Fsp3) is 0.517. The Morgan fingerprint density at radius 1 is 1.11 bits per heavy atom. The van der Waals surface area contributed by atoms with Crippen LogP contribution in [0.15, 0.2) is 42.7 Å². The van der Waals surface area contributed by atoms with Crippen LogP contribution in [0, 0.1) is 11.8 Å². The maximum atomic E-state index is 13.7. The van der Waals surface area contributed by atoms with E-state index in [1.165, 1.54) is 0 Å². The van der Waals surface area contributed by atoms with Gasteiger partial charge >= 0.3 is 0 Å². The lowest BCUT2D eigenvalue weighted by molar-refractivity contribution is -0.0611. The lowest BCUT2D eigenvalue weighted by Crippen LogP contribution is -2.49. The molecule has 2 saturated carbocycles. The topological polar surface area (TPSA) is 73.1 Å². The van der Waals surface area contributed by atoms with Crippen molar-refractivity contribution in [2.45, 2.75) is 49.5 Å². The lowest BCUT2D eigenvalue weighted by Gasteiger charge is -2.42. The Morgan fingerprint density at radius 3 is 2.55 bits per heavy atom. The largest absolute Gasteiger partial charge is 0.379 e. The molecule has 38 heavy (non-hydrogen) atoms. The second-order valence-electron chi connectivity index (χ2n) is 11.7.